The first kappa shape index (κ1) is 18.7. The van der Waals surface area contributed by atoms with Crippen LogP contribution >= 0.6 is 0 Å². The minimum Gasteiger partial charge on any atom is -0.481 e. The van der Waals surface area contributed by atoms with Crippen LogP contribution in [0.3, 0.4) is 0 Å². The molecule has 0 aliphatic heterocycles. The van der Waals surface area contributed by atoms with E-state index in [1.165, 1.54) is 5.56 Å². The maximum absolute atomic E-state index is 12.6. The molecule has 0 fully saturated rings. The Balaban J connectivity index is 1.67. The molecule has 1 N–H and O–H groups in total. The lowest BCUT2D eigenvalue weighted by Gasteiger charge is -2.18. The van der Waals surface area contributed by atoms with Crippen LogP contribution in [0.5, 0.6) is 5.75 Å². The molecular formula is C24H25NO2. The molecule has 0 spiro atoms. The molecule has 0 bridgehead atoms. The summed E-state index contributed by atoms with van der Waals surface area (Å²) in [5.41, 5.74) is 5.43. The zero-order valence-electron chi connectivity index (χ0n) is 16.0. The van der Waals surface area contributed by atoms with Gasteiger partial charge in [0.1, 0.15) is 5.75 Å². The number of rotatable bonds is 6. The minimum absolute atomic E-state index is 0.132. The van der Waals surface area contributed by atoms with Crippen molar-refractivity contribution in [3.05, 3.63) is 83.9 Å². The average Bonchev–Trinajstić information content (AvgIpc) is 2.70. The molecular weight excluding hydrogens is 334 g/mol. The summed E-state index contributed by atoms with van der Waals surface area (Å²) in [7, 11) is 0. The number of amides is 1. The first-order chi connectivity index (χ1) is 13.1. The summed E-state index contributed by atoms with van der Waals surface area (Å²) in [6, 6.07) is 23.9. The molecule has 0 saturated carbocycles. The highest BCUT2D eigenvalue weighted by Gasteiger charge is 2.18. The van der Waals surface area contributed by atoms with Gasteiger partial charge in [-0.2, -0.15) is 0 Å². The van der Waals surface area contributed by atoms with Crippen molar-refractivity contribution in [2.45, 2.75) is 33.3 Å². The van der Waals surface area contributed by atoms with E-state index in [1.54, 1.807) is 0 Å². The van der Waals surface area contributed by atoms with Gasteiger partial charge in [-0.05, 0) is 66.8 Å². The number of anilines is 1. The third-order valence-electron chi connectivity index (χ3n) is 4.68. The summed E-state index contributed by atoms with van der Waals surface area (Å²) in [4.78, 5) is 12.6. The van der Waals surface area contributed by atoms with Gasteiger partial charge in [0, 0.05) is 5.69 Å². The van der Waals surface area contributed by atoms with E-state index in [1.807, 2.05) is 74.5 Å². The Morgan fingerprint density at radius 2 is 1.56 bits per heavy atom. The van der Waals surface area contributed by atoms with Gasteiger partial charge in [-0.3, -0.25) is 4.79 Å². The smallest absolute Gasteiger partial charge is 0.265 e. The summed E-state index contributed by atoms with van der Waals surface area (Å²) in [5, 5.41) is 2.95. The molecule has 27 heavy (non-hydrogen) atoms. The summed E-state index contributed by atoms with van der Waals surface area (Å²) in [6.07, 6.45) is 0.0612. The average molecular weight is 359 g/mol. The Bertz CT molecular complexity index is 901. The molecule has 3 aromatic rings. The van der Waals surface area contributed by atoms with Crippen molar-refractivity contribution in [2.24, 2.45) is 0 Å². The number of carbonyl (C=O) groups excluding carboxylic acids is 1. The van der Waals surface area contributed by atoms with Crippen molar-refractivity contribution in [1.82, 2.24) is 0 Å². The lowest BCUT2D eigenvalue weighted by atomic mass is 10.1. The third kappa shape index (κ3) is 4.76. The number of nitrogens with one attached hydrogen (secondary N) is 1. The Hall–Kier alpha value is -3.07. The fraction of sp³-hybridized carbons (Fsp3) is 0.208. The third-order valence-corrected chi connectivity index (χ3v) is 4.68. The van der Waals surface area contributed by atoms with Crippen molar-refractivity contribution >= 4 is 11.6 Å². The second kappa shape index (κ2) is 8.54. The topological polar surface area (TPSA) is 38.3 Å². The molecule has 3 heteroatoms. The minimum atomic E-state index is -0.533. The molecule has 1 unspecified atom stereocenters. The van der Waals surface area contributed by atoms with Crippen LogP contribution in [0, 0.1) is 13.8 Å². The van der Waals surface area contributed by atoms with E-state index >= 15 is 0 Å². The molecule has 0 saturated heterocycles. The number of ether oxygens (including phenoxy) is 1. The summed E-state index contributed by atoms with van der Waals surface area (Å²) >= 11 is 0. The van der Waals surface area contributed by atoms with E-state index in [0.29, 0.717) is 12.2 Å². The molecule has 3 nitrogen and oxygen atoms in total. The van der Waals surface area contributed by atoms with Gasteiger partial charge >= 0.3 is 0 Å². The lowest BCUT2D eigenvalue weighted by Crippen LogP contribution is -2.32. The SMILES string of the molecule is CCC(Oc1ccc(-c2ccccc2)cc1)C(=O)Nc1ccc(C)c(C)c1. The van der Waals surface area contributed by atoms with Crippen molar-refractivity contribution in [2.75, 3.05) is 5.32 Å². The van der Waals surface area contributed by atoms with E-state index in [0.717, 1.165) is 22.4 Å². The first-order valence-electron chi connectivity index (χ1n) is 9.27. The largest absolute Gasteiger partial charge is 0.481 e. The molecule has 0 radical (unpaired) electrons. The molecule has 3 rings (SSSR count). The van der Waals surface area contributed by atoms with Crippen molar-refractivity contribution < 1.29 is 9.53 Å². The van der Waals surface area contributed by atoms with Gasteiger partial charge in [-0.15, -0.1) is 0 Å². The van der Waals surface area contributed by atoms with Crippen LogP contribution in [0.4, 0.5) is 5.69 Å². The quantitative estimate of drug-likeness (QED) is 0.607. The fourth-order valence-electron chi connectivity index (χ4n) is 2.89. The fourth-order valence-corrected chi connectivity index (χ4v) is 2.89. The maximum Gasteiger partial charge on any atom is 0.265 e. The highest BCUT2D eigenvalue weighted by molar-refractivity contribution is 5.94. The molecule has 3 aromatic carbocycles. The van der Waals surface area contributed by atoms with Gasteiger partial charge in [-0.25, -0.2) is 0 Å². The Morgan fingerprint density at radius 1 is 0.889 bits per heavy atom. The number of carbonyl (C=O) groups is 1. The summed E-state index contributed by atoms with van der Waals surface area (Å²) in [5.74, 6) is 0.560. The highest BCUT2D eigenvalue weighted by atomic mass is 16.5. The normalized spacial score (nSPS) is 11.7. The van der Waals surface area contributed by atoms with Crippen molar-refractivity contribution in [3.8, 4) is 16.9 Å². The van der Waals surface area contributed by atoms with Crippen LogP contribution in [0.1, 0.15) is 24.5 Å². The number of hydrogen-bond donors (Lipinski definition) is 1. The van der Waals surface area contributed by atoms with Crippen LogP contribution in [0.2, 0.25) is 0 Å². The van der Waals surface area contributed by atoms with Gasteiger partial charge in [0.25, 0.3) is 5.91 Å². The maximum atomic E-state index is 12.6. The molecule has 0 heterocycles. The second-order valence-electron chi connectivity index (χ2n) is 6.69. The second-order valence-corrected chi connectivity index (χ2v) is 6.69. The summed E-state index contributed by atoms with van der Waals surface area (Å²) in [6.45, 7) is 6.04. The van der Waals surface area contributed by atoms with Gasteiger partial charge in [0.2, 0.25) is 0 Å². The molecule has 0 aliphatic carbocycles. The number of aryl methyl sites for hydroxylation is 2. The number of hydrogen-bond acceptors (Lipinski definition) is 2. The lowest BCUT2D eigenvalue weighted by molar-refractivity contribution is -0.122. The summed E-state index contributed by atoms with van der Waals surface area (Å²) < 4.78 is 5.93. The van der Waals surface area contributed by atoms with Gasteiger partial charge in [0.05, 0.1) is 0 Å². The molecule has 1 amide bonds. The van der Waals surface area contributed by atoms with Crippen molar-refractivity contribution in [1.29, 1.82) is 0 Å². The molecule has 1 atom stereocenters. The highest BCUT2D eigenvalue weighted by Crippen LogP contribution is 2.23. The van der Waals surface area contributed by atoms with E-state index < -0.39 is 6.10 Å². The molecule has 138 valence electrons. The zero-order valence-corrected chi connectivity index (χ0v) is 16.0. The van der Waals surface area contributed by atoms with Crippen LogP contribution < -0.4 is 10.1 Å². The van der Waals surface area contributed by atoms with Crippen LogP contribution in [0.15, 0.2) is 72.8 Å². The van der Waals surface area contributed by atoms with E-state index in [2.05, 4.69) is 24.4 Å². The predicted molar refractivity (Wildman–Crippen MR) is 111 cm³/mol. The first-order valence-corrected chi connectivity index (χ1v) is 9.27. The molecule has 0 aromatic heterocycles. The van der Waals surface area contributed by atoms with Gasteiger partial charge in [-0.1, -0.05) is 55.5 Å². The van der Waals surface area contributed by atoms with E-state index in [-0.39, 0.29) is 5.91 Å². The van der Waals surface area contributed by atoms with Crippen LogP contribution in [-0.4, -0.2) is 12.0 Å². The van der Waals surface area contributed by atoms with E-state index in [9.17, 15) is 4.79 Å². The standard InChI is InChI=1S/C24H25NO2/c1-4-23(24(26)25-21-13-10-17(2)18(3)16-21)27-22-14-11-20(12-15-22)19-8-6-5-7-9-19/h5-16,23H,4H2,1-3H3,(H,25,26). The van der Waals surface area contributed by atoms with Gasteiger partial charge in [0.15, 0.2) is 6.10 Å². The van der Waals surface area contributed by atoms with Crippen LogP contribution in [0.25, 0.3) is 11.1 Å². The monoisotopic (exact) mass is 359 g/mol. The van der Waals surface area contributed by atoms with Gasteiger partial charge < -0.3 is 10.1 Å². The zero-order chi connectivity index (χ0) is 19.2. The molecule has 0 aliphatic rings. The van der Waals surface area contributed by atoms with Crippen molar-refractivity contribution in [3.63, 3.8) is 0 Å². The predicted octanol–water partition coefficient (Wildman–Crippen LogP) is 5.77. The van der Waals surface area contributed by atoms with E-state index in [4.69, 9.17) is 4.74 Å². The van der Waals surface area contributed by atoms with Crippen LogP contribution in [-0.2, 0) is 4.79 Å². The number of benzene rings is 3. The Morgan fingerprint density at radius 3 is 2.19 bits per heavy atom. The Labute approximate surface area is 161 Å². The Kier molecular flexibility index (Phi) is 5.92.